The minimum Gasteiger partial charge on any atom is -0.496 e. The molecule has 34 heavy (non-hydrogen) atoms. The predicted octanol–water partition coefficient (Wildman–Crippen LogP) is 5.15. The van der Waals surface area contributed by atoms with Crippen LogP contribution in [0.25, 0.3) is 0 Å². The second-order valence-electron chi connectivity index (χ2n) is 8.02. The molecule has 176 valence electrons. The second kappa shape index (κ2) is 10.8. The quantitative estimate of drug-likeness (QED) is 0.511. The number of benzene rings is 3. The molecule has 3 aromatic carbocycles. The molecule has 0 unspecified atom stereocenters. The van der Waals surface area contributed by atoms with Crippen molar-refractivity contribution in [3.05, 3.63) is 87.9 Å². The van der Waals surface area contributed by atoms with Crippen LogP contribution < -0.4 is 15.0 Å². The number of methoxy groups -OCH3 is 1. The Labute approximate surface area is 209 Å². The molecule has 1 aliphatic rings. The van der Waals surface area contributed by atoms with Crippen LogP contribution in [0.3, 0.4) is 0 Å². The molecule has 3 aromatic rings. The maximum Gasteiger partial charge on any atom is 0.257 e. The molecule has 2 amide bonds. The van der Waals surface area contributed by atoms with E-state index >= 15 is 0 Å². The van der Waals surface area contributed by atoms with Gasteiger partial charge in [-0.25, -0.2) is 0 Å². The Morgan fingerprint density at radius 3 is 2.18 bits per heavy atom. The van der Waals surface area contributed by atoms with Crippen LogP contribution in [0.4, 0.5) is 11.4 Å². The van der Waals surface area contributed by atoms with Crippen LogP contribution in [0, 0.1) is 0 Å². The molecule has 0 bridgehead atoms. The number of anilines is 2. The summed E-state index contributed by atoms with van der Waals surface area (Å²) >= 11 is 12.0. The average Bonchev–Trinajstić information content (AvgIpc) is 2.85. The van der Waals surface area contributed by atoms with Gasteiger partial charge in [0, 0.05) is 47.6 Å². The van der Waals surface area contributed by atoms with E-state index in [9.17, 15) is 9.59 Å². The third-order valence-corrected chi connectivity index (χ3v) is 6.24. The number of halogens is 2. The lowest BCUT2D eigenvalue weighted by molar-refractivity contribution is -0.115. The number of amides is 2. The van der Waals surface area contributed by atoms with Crippen molar-refractivity contribution in [2.75, 3.05) is 43.5 Å². The highest BCUT2D eigenvalue weighted by Gasteiger charge is 2.24. The first-order chi connectivity index (χ1) is 16.4. The number of nitrogens with zero attached hydrogens (tertiary/aromatic N) is 2. The van der Waals surface area contributed by atoms with Crippen LogP contribution in [0.1, 0.15) is 15.9 Å². The van der Waals surface area contributed by atoms with Gasteiger partial charge in [0.2, 0.25) is 5.91 Å². The summed E-state index contributed by atoms with van der Waals surface area (Å²) in [5.41, 5.74) is 3.16. The molecule has 0 aromatic heterocycles. The van der Waals surface area contributed by atoms with Gasteiger partial charge in [0.1, 0.15) is 5.75 Å². The first-order valence-corrected chi connectivity index (χ1v) is 11.7. The molecule has 0 saturated carbocycles. The fraction of sp³-hybridized carbons (Fsp3) is 0.231. The molecule has 0 spiro atoms. The van der Waals surface area contributed by atoms with E-state index in [1.54, 1.807) is 37.4 Å². The van der Waals surface area contributed by atoms with Crippen molar-refractivity contribution in [3.8, 4) is 5.75 Å². The van der Waals surface area contributed by atoms with Crippen molar-refractivity contribution in [2.45, 2.75) is 6.42 Å². The van der Waals surface area contributed by atoms with Gasteiger partial charge >= 0.3 is 0 Å². The molecule has 1 fully saturated rings. The third-order valence-electron chi connectivity index (χ3n) is 5.75. The van der Waals surface area contributed by atoms with E-state index < -0.39 is 0 Å². The molecular formula is C26H25Cl2N3O3. The fourth-order valence-corrected chi connectivity index (χ4v) is 4.23. The number of carbonyl (C=O) groups is 2. The van der Waals surface area contributed by atoms with Gasteiger partial charge in [-0.15, -0.1) is 0 Å². The molecule has 4 rings (SSSR count). The number of hydrogen-bond acceptors (Lipinski definition) is 4. The zero-order valence-electron chi connectivity index (χ0n) is 18.8. The van der Waals surface area contributed by atoms with Gasteiger partial charge in [0.15, 0.2) is 0 Å². The van der Waals surface area contributed by atoms with Crippen LogP contribution in [-0.4, -0.2) is 50.0 Å². The number of piperazine rings is 1. The highest BCUT2D eigenvalue weighted by atomic mass is 35.5. The van der Waals surface area contributed by atoms with Crippen LogP contribution >= 0.6 is 23.2 Å². The highest BCUT2D eigenvalue weighted by molar-refractivity contribution is 6.31. The molecule has 8 heteroatoms. The maximum absolute atomic E-state index is 13.0. The summed E-state index contributed by atoms with van der Waals surface area (Å²) in [5.74, 6) is 0.349. The molecular weight excluding hydrogens is 473 g/mol. The van der Waals surface area contributed by atoms with Crippen molar-refractivity contribution in [3.63, 3.8) is 0 Å². The van der Waals surface area contributed by atoms with Crippen molar-refractivity contribution in [1.29, 1.82) is 0 Å². The number of carbonyl (C=O) groups excluding carboxylic acids is 2. The van der Waals surface area contributed by atoms with Crippen LogP contribution in [-0.2, 0) is 11.2 Å². The van der Waals surface area contributed by atoms with Gasteiger partial charge in [-0.2, -0.15) is 0 Å². The smallest absolute Gasteiger partial charge is 0.257 e. The van der Waals surface area contributed by atoms with Crippen molar-refractivity contribution >= 4 is 46.4 Å². The number of hydrogen-bond donors (Lipinski definition) is 1. The lowest BCUT2D eigenvalue weighted by Crippen LogP contribution is -2.48. The summed E-state index contributed by atoms with van der Waals surface area (Å²) in [6.45, 7) is 2.59. The Bertz CT molecular complexity index is 1160. The monoisotopic (exact) mass is 497 g/mol. The molecule has 1 heterocycles. The standard InChI is InChI=1S/C26H25Cl2N3O3/c1-34-24-11-6-20(28)17-23(24)26(33)31-14-12-30(13-15-31)22-9-7-21(8-10-22)29-25(32)16-18-2-4-19(27)5-3-18/h2-11,17H,12-16H2,1H3,(H,29,32). The second-order valence-corrected chi connectivity index (χ2v) is 8.90. The topological polar surface area (TPSA) is 61.9 Å². The van der Waals surface area contributed by atoms with E-state index in [1.807, 2.05) is 41.3 Å². The largest absolute Gasteiger partial charge is 0.496 e. The zero-order valence-corrected chi connectivity index (χ0v) is 20.3. The van der Waals surface area contributed by atoms with Gasteiger partial charge in [0.25, 0.3) is 5.91 Å². The number of ether oxygens (including phenoxy) is 1. The highest BCUT2D eigenvalue weighted by Crippen LogP contribution is 2.26. The molecule has 0 radical (unpaired) electrons. The van der Waals surface area contributed by atoms with Crippen LogP contribution in [0.5, 0.6) is 5.75 Å². The number of rotatable bonds is 6. The molecule has 1 aliphatic heterocycles. The van der Waals surface area contributed by atoms with E-state index in [-0.39, 0.29) is 18.2 Å². The molecule has 0 atom stereocenters. The van der Waals surface area contributed by atoms with Gasteiger partial charge < -0.3 is 19.9 Å². The SMILES string of the molecule is COc1ccc(Cl)cc1C(=O)N1CCN(c2ccc(NC(=O)Cc3ccc(Cl)cc3)cc2)CC1. The Morgan fingerprint density at radius 2 is 1.53 bits per heavy atom. The van der Waals surface area contributed by atoms with Crippen LogP contribution in [0.15, 0.2) is 66.7 Å². The van der Waals surface area contributed by atoms with E-state index in [1.165, 1.54) is 0 Å². The molecule has 6 nitrogen and oxygen atoms in total. The third kappa shape index (κ3) is 5.82. The lowest BCUT2D eigenvalue weighted by Gasteiger charge is -2.36. The fourth-order valence-electron chi connectivity index (χ4n) is 3.93. The van der Waals surface area contributed by atoms with Gasteiger partial charge in [0.05, 0.1) is 19.1 Å². The number of nitrogens with one attached hydrogen (secondary N) is 1. The van der Waals surface area contributed by atoms with E-state index in [2.05, 4.69) is 10.2 Å². The minimum absolute atomic E-state index is 0.0846. The first-order valence-electron chi connectivity index (χ1n) is 10.9. The minimum atomic E-state index is -0.0854. The first kappa shape index (κ1) is 23.9. The molecule has 1 saturated heterocycles. The zero-order chi connectivity index (χ0) is 24.1. The lowest BCUT2D eigenvalue weighted by atomic mass is 10.1. The van der Waals surface area contributed by atoms with Gasteiger partial charge in [-0.3, -0.25) is 9.59 Å². The van der Waals surface area contributed by atoms with Crippen LogP contribution in [0.2, 0.25) is 10.0 Å². The molecule has 1 N–H and O–H groups in total. The average molecular weight is 498 g/mol. The Morgan fingerprint density at radius 1 is 0.882 bits per heavy atom. The van der Waals surface area contributed by atoms with Gasteiger partial charge in [-0.05, 0) is 60.2 Å². The summed E-state index contributed by atoms with van der Waals surface area (Å²) < 4.78 is 5.33. The predicted molar refractivity (Wildman–Crippen MR) is 136 cm³/mol. The normalized spacial score (nSPS) is 13.5. The Balaban J connectivity index is 1.31. The molecule has 0 aliphatic carbocycles. The van der Waals surface area contributed by atoms with E-state index in [4.69, 9.17) is 27.9 Å². The Kier molecular flexibility index (Phi) is 7.60. The summed E-state index contributed by atoms with van der Waals surface area (Å²) in [4.78, 5) is 29.4. The summed E-state index contributed by atoms with van der Waals surface area (Å²) in [6.07, 6.45) is 0.284. The van der Waals surface area contributed by atoms with Crippen molar-refractivity contribution in [2.24, 2.45) is 0 Å². The van der Waals surface area contributed by atoms with Gasteiger partial charge in [-0.1, -0.05) is 35.3 Å². The van der Waals surface area contributed by atoms with E-state index in [0.717, 1.165) is 16.9 Å². The Hall–Kier alpha value is -3.22. The van der Waals surface area contributed by atoms with E-state index in [0.29, 0.717) is 47.5 Å². The summed E-state index contributed by atoms with van der Waals surface area (Å²) in [6, 6.07) is 20.1. The maximum atomic E-state index is 13.0. The van der Waals surface area contributed by atoms with Crippen molar-refractivity contribution < 1.29 is 14.3 Å². The van der Waals surface area contributed by atoms with Crippen molar-refractivity contribution in [1.82, 2.24) is 4.90 Å². The summed E-state index contributed by atoms with van der Waals surface area (Å²) in [5, 5.41) is 4.07. The summed E-state index contributed by atoms with van der Waals surface area (Å²) in [7, 11) is 1.54.